The van der Waals surface area contributed by atoms with Crippen LogP contribution in [-0.2, 0) is 0 Å². The van der Waals surface area contributed by atoms with Gasteiger partial charge in [-0.05, 0) is 55.1 Å². The molecule has 0 bridgehead atoms. The lowest BCUT2D eigenvalue weighted by Crippen LogP contribution is -2.38. The van der Waals surface area contributed by atoms with Crippen LogP contribution in [0.4, 0.5) is 0 Å². The molecule has 2 aromatic rings. The van der Waals surface area contributed by atoms with Gasteiger partial charge in [-0.15, -0.1) is 12.4 Å². The van der Waals surface area contributed by atoms with Crippen LogP contribution in [0.2, 0.25) is 0 Å². The van der Waals surface area contributed by atoms with Crippen LogP contribution >= 0.6 is 12.4 Å². The highest BCUT2D eigenvalue weighted by Gasteiger charge is 2.14. The molecule has 1 atom stereocenters. The van der Waals surface area contributed by atoms with Crippen molar-refractivity contribution in [1.82, 2.24) is 10.6 Å². The van der Waals surface area contributed by atoms with Gasteiger partial charge < -0.3 is 10.6 Å². The van der Waals surface area contributed by atoms with E-state index in [2.05, 4.69) is 22.8 Å². The predicted octanol–water partition coefficient (Wildman–Crippen LogP) is 3.50. The molecular weight excluding hydrogens is 308 g/mol. The van der Waals surface area contributed by atoms with Crippen LogP contribution in [0.15, 0.2) is 54.6 Å². The van der Waals surface area contributed by atoms with Gasteiger partial charge in [0.1, 0.15) is 0 Å². The third kappa shape index (κ3) is 4.81. The van der Waals surface area contributed by atoms with Crippen molar-refractivity contribution >= 4 is 18.3 Å². The molecule has 1 saturated heterocycles. The lowest BCUT2D eigenvalue weighted by Gasteiger charge is -2.22. The zero-order chi connectivity index (χ0) is 15.2. The highest BCUT2D eigenvalue weighted by atomic mass is 35.5. The van der Waals surface area contributed by atoms with Gasteiger partial charge in [-0.3, -0.25) is 4.79 Å². The Morgan fingerprint density at radius 2 is 1.74 bits per heavy atom. The SMILES string of the molecule is Cl.O=C(NCC1CCCNC1)c1ccc(-c2ccccc2)cc1. The Labute approximate surface area is 143 Å². The van der Waals surface area contributed by atoms with E-state index < -0.39 is 0 Å². The van der Waals surface area contributed by atoms with Gasteiger partial charge in [0.25, 0.3) is 5.91 Å². The van der Waals surface area contributed by atoms with E-state index in [0.717, 1.165) is 30.8 Å². The first-order valence-corrected chi connectivity index (χ1v) is 7.97. The minimum absolute atomic E-state index is 0. The predicted molar refractivity (Wildman–Crippen MR) is 97.1 cm³/mol. The average Bonchev–Trinajstić information content (AvgIpc) is 2.61. The fourth-order valence-corrected chi connectivity index (χ4v) is 2.88. The molecule has 2 aromatic carbocycles. The minimum atomic E-state index is 0. The number of carbonyl (C=O) groups excluding carboxylic acids is 1. The summed E-state index contributed by atoms with van der Waals surface area (Å²) in [6.07, 6.45) is 2.40. The number of piperidine rings is 1. The lowest BCUT2D eigenvalue weighted by atomic mass is 9.99. The summed E-state index contributed by atoms with van der Waals surface area (Å²) in [5, 5.41) is 6.42. The molecule has 0 aliphatic carbocycles. The molecule has 2 N–H and O–H groups in total. The van der Waals surface area contributed by atoms with Crippen molar-refractivity contribution in [2.75, 3.05) is 19.6 Å². The quantitative estimate of drug-likeness (QED) is 0.900. The topological polar surface area (TPSA) is 41.1 Å². The number of amides is 1. The molecule has 1 fully saturated rings. The van der Waals surface area contributed by atoms with Crippen LogP contribution in [-0.4, -0.2) is 25.5 Å². The lowest BCUT2D eigenvalue weighted by molar-refractivity contribution is 0.0945. The molecule has 1 aliphatic rings. The van der Waals surface area contributed by atoms with E-state index in [1.54, 1.807) is 0 Å². The van der Waals surface area contributed by atoms with E-state index in [1.807, 2.05) is 42.5 Å². The van der Waals surface area contributed by atoms with Gasteiger partial charge in [0.05, 0.1) is 0 Å². The van der Waals surface area contributed by atoms with Crippen molar-refractivity contribution in [3.05, 3.63) is 60.2 Å². The maximum absolute atomic E-state index is 12.2. The van der Waals surface area contributed by atoms with Crippen LogP contribution in [0.3, 0.4) is 0 Å². The van der Waals surface area contributed by atoms with Crippen LogP contribution in [0.1, 0.15) is 23.2 Å². The Hall–Kier alpha value is -1.84. The van der Waals surface area contributed by atoms with Gasteiger partial charge >= 0.3 is 0 Å². The molecule has 0 spiro atoms. The van der Waals surface area contributed by atoms with Crippen molar-refractivity contribution in [3.8, 4) is 11.1 Å². The van der Waals surface area contributed by atoms with E-state index in [9.17, 15) is 4.79 Å². The second-order valence-corrected chi connectivity index (χ2v) is 5.87. The number of hydrogen-bond acceptors (Lipinski definition) is 2. The van der Waals surface area contributed by atoms with Gasteiger partial charge in [-0.25, -0.2) is 0 Å². The monoisotopic (exact) mass is 330 g/mol. The van der Waals surface area contributed by atoms with E-state index in [0.29, 0.717) is 5.92 Å². The first kappa shape index (κ1) is 17.5. The summed E-state index contributed by atoms with van der Waals surface area (Å²) in [7, 11) is 0. The Morgan fingerprint density at radius 3 is 2.39 bits per heavy atom. The summed E-state index contributed by atoms with van der Waals surface area (Å²) in [4.78, 5) is 12.2. The number of halogens is 1. The van der Waals surface area contributed by atoms with Crippen LogP contribution in [0, 0.1) is 5.92 Å². The molecule has 3 rings (SSSR count). The van der Waals surface area contributed by atoms with Gasteiger partial charge in [0.2, 0.25) is 0 Å². The van der Waals surface area contributed by atoms with Gasteiger partial charge in [0, 0.05) is 12.1 Å². The Morgan fingerprint density at radius 1 is 1.04 bits per heavy atom. The standard InChI is InChI=1S/C19H22N2O.ClH/c22-19(21-14-15-5-4-12-20-13-15)18-10-8-17(9-11-18)16-6-2-1-3-7-16;/h1-3,6-11,15,20H,4-5,12-14H2,(H,21,22);1H. The van der Waals surface area contributed by atoms with E-state index in [1.165, 1.54) is 18.4 Å². The molecule has 0 saturated carbocycles. The maximum atomic E-state index is 12.2. The fourth-order valence-electron chi connectivity index (χ4n) is 2.88. The van der Waals surface area contributed by atoms with E-state index >= 15 is 0 Å². The number of benzene rings is 2. The third-order valence-electron chi connectivity index (χ3n) is 4.20. The molecule has 0 aromatic heterocycles. The Bertz CT molecular complexity index is 607. The molecule has 3 nitrogen and oxygen atoms in total. The van der Waals surface area contributed by atoms with E-state index in [-0.39, 0.29) is 18.3 Å². The number of rotatable bonds is 4. The zero-order valence-corrected chi connectivity index (χ0v) is 13.9. The molecule has 23 heavy (non-hydrogen) atoms. The van der Waals surface area contributed by atoms with E-state index in [4.69, 9.17) is 0 Å². The number of nitrogens with one attached hydrogen (secondary N) is 2. The van der Waals surface area contributed by atoms with Crippen molar-refractivity contribution < 1.29 is 4.79 Å². The van der Waals surface area contributed by atoms with Gasteiger partial charge in [0.15, 0.2) is 0 Å². The summed E-state index contributed by atoms with van der Waals surface area (Å²) in [5.41, 5.74) is 3.03. The third-order valence-corrected chi connectivity index (χ3v) is 4.20. The molecule has 1 aliphatic heterocycles. The Kier molecular flexibility index (Phi) is 6.63. The van der Waals surface area contributed by atoms with Gasteiger partial charge in [-0.1, -0.05) is 42.5 Å². The summed E-state index contributed by atoms with van der Waals surface area (Å²) in [6, 6.07) is 18.0. The fraction of sp³-hybridized carbons (Fsp3) is 0.316. The van der Waals surface area contributed by atoms with Crippen LogP contribution in [0.25, 0.3) is 11.1 Å². The summed E-state index contributed by atoms with van der Waals surface area (Å²) in [6.45, 7) is 2.87. The molecular formula is C19H23ClN2O. The normalized spacial score (nSPS) is 17.1. The zero-order valence-electron chi connectivity index (χ0n) is 13.1. The van der Waals surface area contributed by atoms with Crippen molar-refractivity contribution in [3.63, 3.8) is 0 Å². The summed E-state index contributed by atoms with van der Waals surface area (Å²) in [5.74, 6) is 0.575. The minimum Gasteiger partial charge on any atom is -0.352 e. The molecule has 4 heteroatoms. The molecule has 1 heterocycles. The average molecular weight is 331 g/mol. The smallest absolute Gasteiger partial charge is 0.251 e. The second-order valence-electron chi connectivity index (χ2n) is 5.87. The maximum Gasteiger partial charge on any atom is 0.251 e. The molecule has 122 valence electrons. The van der Waals surface area contributed by atoms with Crippen molar-refractivity contribution in [1.29, 1.82) is 0 Å². The first-order valence-electron chi connectivity index (χ1n) is 7.97. The van der Waals surface area contributed by atoms with Crippen LogP contribution < -0.4 is 10.6 Å². The highest BCUT2D eigenvalue weighted by Crippen LogP contribution is 2.19. The highest BCUT2D eigenvalue weighted by molar-refractivity contribution is 5.94. The summed E-state index contributed by atoms with van der Waals surface area (Å²) >= 11 is 0. The van der Waals surface area contributed by atoms with Crippen LogP contribution in [0.5, 0.6) is 0 Å². The largest absolute Gasteiger partial charge is 0.352 e. The van der Waals surface area contributed by atoms with Gasteiger partial charge in [-0.2, -0.15) is 0 Å². The molecule has 0 radical (unpaired) electrons. The van der Waals surface area contributed by atoms with Crippen molar-refractivity contribution in [2.45, 2.75) is 12.8 Å². The number of hydrogen-bond donors (Lipinski definition) is 2. The van der Waals surface area contributed by atoms with Crippen molar-refractivity contribution in [2.24, 2.45) is 5.92 Å². The number of carbonyl (C=O) groups is 1. The second kappa shape index (κ2) is 8.70. The molecule has 1 amide bonds. The molecule has 1 unspecified atom stereocenters. The first-order chi connectivity index (χ1) is 10.8. The summed E-state index contributed by atoms with van der Waals surface area (Å²) < 4.78 is 0. The Balaban J connectivity index is 0.00000192.